The van der Waals surface area contributed by atoms with Crippen LogP contribution in [-0.4, -0.2) is 17.6 Å². The van der Waals surface area contributed by atoms with Crippen molar-refractivity contribution in [3.63, 3.8) is 0 Å². The lowest BCUT2D eigenvalue weighted by molar-refractivity contribution is -0.136. The van der Waals surface area contributed by atoms with Crippen molar-refractivity contribution in [3.05, 3.63) is 34.3 Å². The van der Waals surface area contributed by atoms with Crippen LogP contribution in [0.4, 0.5) is 0 Å². The number of aryl methyl sites for hydroxylation is 1. The summed E-state index contributed by atoms with van der Waals surface area (Å²) in [5.74, 6) is -0.822. The first-order valence-electron chi connectivity index (χ1n) is 4.90. The fourth-order valence-electron chi connectivity index (χ4n) is 2.01. The number of hydrogen-bond donors (Lipinski definition) is 2. The van der Waals surface area contributed by atoms with Crippen LogP contribution in [0, 0.1) is 0 Å². The zero-order chi connectivity index (χ0) is 10.8. The molecule has 0 amide bonds. The van der Waals surface area contributed by atoms with Gasteiger partial charge in [-0.15, -0.1) is 0 Å². The Morgan fingerprint density at radius 2 is 2.40 bits per heavy atom. The highest BCUT2D eigenvalue weighted by Crippen LogP contribution is 2.32. The summed E-state index contributed by atoms with van der Waals surface area (Å²) in [6.07, 6.45) is 1.91. The average molecular weight is 226 g/mol. The number of fused-ring (bicyclic) bond motifs is 1. The summed E-state index contributed by atoms with van der Waals surface area (Å²) in [5.41, 5.74) is 2.41. The number of hydrogen-bond acceptors (Lipinski definition) is 2. The number of aliphatic carboxylic acids is 1. The lowest BCUT2D eigenvalue weighted by atomic mass is 10.1. The predicted octanol–water partition coefficient (Wildman–Crippen LogP) is 2.00. The van der Waals surface area contributed by atoms with Crippen LogP contribution in [0.3, 0.4) is 0 Å². The van der Waals surface area contributed by atoms with Gasteiger partial charge in [0.15, 0.2) is 0 Å². The van der Waals surface area contributed by atoms with Gasteiger partial charge >= 0.3 is 5.97 Å². The van der Waals surface area contributed by atoms with E-state index < -0.39 is 5.97 Å². The van der Waals surface area contributed by atoms with Gasteiger partial charge in [-0.05, 0) is 36.1 Å². The van der Waals surface area contributed by atoms with Crippen molar-refractivity contribution in [1.29, 1.82) is 0 Å². The van der Waals surface area contributed by atoms with Crippen molar-refractivity contribution in [1.82, 2.24) is 5.32 Å². The van der Waals surface area contributed by atoms with Crippen LogP contribution in [0.5, 0.6) is 0 Å². The molecule has 1 aromatic carbocycles. The molecule has 0 fully saturated rings. The molecule has 4 heteroatoms. The number of rotatable bonds is 3. The van der Waals surface area contributed by atoms with Gasteiger partial charge in [0, 0.05) is 11.1 Å². The van der Waals surface area contributed by atoms with Crippen molar-refractivity contribution in [3.8, 4) is 0 Å². The largest absolute Gasteiger partial charge is 0.480 e. The second-order valence-corrected chi connectivity index (χ2v) is 4.15. The fourth-order valence-corrected chi connectivity index (χ4v) is 2.20. The summed E-state index contributed by atoms with van der Waals surface area (Å²) in [6.45, 7) is 0.00668. The molecule has 1 unspecified atom stereocenters. The van der Waals surface area contributed by atoms with Gasteiger partial charge in [0.25, 0.3) is 0 Å². The van der Waals surface area contributed by atoms with E-state index in [1.807, 2.05) is 18.2 Å². The number of benzene rings is 1. The van der Waals surface area contributed by atoms with Crippen molar-refractivity contribution in [2.75, 3.05) is 6.54 Å². The van der Waals surface area contributed by atoms with Gasteiger partial charge in [-0.3, -0.25) is 4.79 Å². The highest BCUT2D eigenvalue weighted by Gasteiger charge is 2.22. The summed E-state index contributed by atoms with van der Waals surface area (Å²) in [6, 6.07) is 5.94. The highest BCUT2D eigenvalue weighted by atomic mass is 35.5. The molecule has 2 N–H and O–H groups in total. The smallest absolute Gasteiger partial charge is 0.317 e. The normalized spacial score (nSPS) is 18.9. The van der Waals surface area contributed by atoms with Gasteiger partial charge in [-0.2, -0.15) is 0 Å². The molecule has 1 aliphatic rings. The Labute approximate surface area is 93.1 Å². The summed E-state index contributed by atoms with van der Waals surface area (Å²) < 4.78 is 0. The van der Waals surface area contributed by atoms with Crippen molar-refractivity contribution >= 4 is 17.6 Å². The molecule has 0 aromatic heterocycles. The maximum absolute atomic E-state index is 10.4. The fraction of sp³-hybridized carbons (Fsp3) is 0.364. The third kappa shape index (κ3) is 2.30. The van der Waals surface area contributed by atoms with E-state index in [9.17, 15) is 4.79 Å². The minimum atomic E-state index is -0.822. The van der Waals surface area contributed by atoms with Crippen LogP contribution in [-0.2, 0) is 11.2 Å². The van der Waals surface area contributed by atoms with Crippen molar-refractivity contribution in [2.45, 2.75) is 18.9 Å². The van der Waals surface area contributed by atoms with Crippen LogP contribution < -0.4 is 5.32 Å². The van der Waals surface area contributed by atoms with Gasteiger partial charge in [-0.1, -0.05) is 17.7 Å². The molecule has 0 saturated carbocycles. The second-order valence-electron chi connectivity index (χ2n) is 3.71. The number of carboxylic acids is 1. The first-order valence-corrected chi connectivity index (χ1v) is 5.28. The molecule has 3 nitrogen and oxygen atoms in total. The zero-order valence-corrected chi connectivity index (χ0v) is 8.92. The van der Waals surface area contributed by atoms with Crippen LogP contribution in [0.15, 0.2) is 18.2 Å². The highest BCUT2D eigenvalue weighted by molar-refractivity contribution is 6.30. The van der Waals surface area contributed by atoms with Gasteiger partial charge in [0.2, 0.25) is 0 Å². The van der Waals surface area contributed by atoms with E-state index in [1.54, 1.807) is 0 Å². The number of carboxylic acid groups (broad SMARTS) is 1. The first-order chi connectivity index (χ1) is 7.16. The van der Waals surface area contributed by atoms with E-state index in [4.69, 9.17) is 16.7 Å². The molecule has 1 atom stereocenters. The molecule has 0 saturated heterocycles. The molecule has 1 aromatic rings. The summed E-state index contributed by atoms with van der Waals surface area (Å²) in [7, 11) is 0. The predicted molar refractivity (Wildman–Crippen MR) is 58.2 cm³/mol. The zero-order valence-electron chi connectivity index (χ0n) is 8.16. The van der Waals surface area contributed by atoms with E-state index >= 15 is 0 Å². The molecule has 0 bridgehead atoms. The van der Waals surface area contributed by atoms with E-state index in [-0.39, 0.29) is 12.6 Å². The minimum absolute atomic E-state index is 0.00668. The van der Waals surface area contributed by atoms with Crippen molar-refractivity contribution in [2.24, 2.45) is 0 Å². The number of carbonyl (C=O) groups is 1. The number of halogens is 1. The molecule has 15 heavy (non-hydrogen) atoms. The van der Waals surface area contributed by atoms with Gasteiger partial charge in [0.1, 0.15) is 0 Å². The van der Waals surface area contributed by atoms with Gasteiger partial charge < -0.3 is 10.4 Å². The lowest BCUT2D eigenvalue weighted by Gasteiger charge is -2.11. The third-order valence-electron chi connectivity index (χ3n) is 2.68. The molecular formula is C11H12ClNO2. The quantitative estimate of drug-likeness (QED) is 0.827. The molecule has 0 radical (unpaired) electrons. The standard InChI is InChI=1S/C11H12ClNO2/c12-8-2-3-9-7(5-8)1-4-10(9)13-6-11(14)15/h2-3,5,10,13H,1,4,6H2,(H,14,15). The van der Waals surface area contributed by atoms with E-state index in [0.717, 1.165) is 17.9 Å². The summed E-state index contributed by atoms with van der Waals surface area (Å²) >= 11 is 5.88. The lowest BCUT2D eigenvalue weighted by Crippen LogP contribution is -2.25. The topological polar surface area (TPSA) is 49.3 Å². The monoisotopic (exact) mass is 225 g/mol. The molecule has 2 rings (SSSR count). The number of nitrogens with one attached hydrogen (secondary N) is 1. The third-order valence-corrected chi connectivity index (χ3v) is 2.92. The molecule has 0 heterocycles. The summed E-state index contributed by atoms with van der Waals surface area (Å²) in [5, 5.41) is 12.3. The second kappa shape index (κ2) is 4.21. The van der Waals surface area contributed by atoms with Crippen molar-refractivity contribution < 1.29 is 9.90 Å². The Balaban J connectivity index is 2.11. The molecule has 0 aliphatic heterocycles. The Hall–Kier alpha value is -1.06. The van der Waals surface area contributed by atoms with Crippen LogP contribution in [0.1, 0.15) is 23.6 Å². The Kier molecular flexibility index (Phi) is 2.93. The SMILES string of the molecule is O=C(O)CNC1CCc2cc(Cl)ccc21. The van der Waals surface area contributed by atoms with E-state index in [2.05, 4.69) is 5.32 Å². The van der Waals surface area contributed by atoms with Gasteiger partial charge in [0.05, 0.1) is 6.54 Å². The van der Waals surface area contributed by atoms with E-state index in [0.29, 0.717) is 0 Å². The van der Waals surface area contributed by atoms with Crippen LogP contribution >= 0.6 is 11.6 Å². The van der Waals surface area contributed by atoms with E-state index in [1.165, 1.54) is 11.1 Å². The van der Waals surface area contributed by atoms with Crippen LogP contribution in [0.25, 0.3) is 0 Å². The van der Waals surface area contributed by atoms with Gasteiger partial charge in [-0.25, -0.2) is 0 Å². The minimum Gasteiger partial charge on any atom is -0.480 e. The summed E-state index contributed by atoms with van der Waals surface area (Å²) in [4.78, 5) is 10.4. The maximum Gasteiger partial charge on any atom is 0.317 e. The molecule has 80 valence electrons. The molecule has 0 spiro atoms. The Bertz CT molecular complexity index is 392. The Morgan fingerprint density at radius 1 is 1.60 bits per heavy atom. The Morgan fingerprint density at radius 3 is 3.13 bits per heavy atom. The van der Waals surface area contributed by atoms with Crippen LogP contribution in [0.2, 0.25) is 5.02 Å². The maximum atomic E-state index is 10.4. The molecular weight excluding hydrogens is 214 g/mol. The molecule has 1 aliphatic carbocycles. The first kappa shape index (κ1) is 10.5. The average Bonchev–Trinajstić information content (AvgIpc) is 2.57.